The molecule has 0 saturated heterocycles. The zero-order valence-corrected chi connectivity index (χ0v) is 15.1. The van der Waals surface area contributed by atoms with E-state index in [-0.39, 0.29) is 5.91 Å². The van der Waals surface area contributed by atoms with Gasteiger partial charge in [-0.05, 0) is 48.4 Å². The highest BCUT2D eigenvalue weighted by Crippen LogP contribution is 2.27. The SMILES string of the molecule is CC(C)Cc1nnc(NC(=O)CSc2ccc3c(c2)CCC3)s1. The predicted octanol–water partition coefficient (Wildman–Crippen LogP) is 3.96. The lowest BCUT2D eigenvalue weighted by Gasteiger charge is -2.04. The second kappa shape index (κ2) is 7.45. The fourth-order valence-electron chi connectivity index (χ4n) is 2.68. The van der Waals surface area contributed by atoms with Crippen LogP contribution in [0.5, 0.6) is 0 Å². The number of hydrogen-bond donors (Lipinski definition) is 1. The van der Waals surface area contributed by atoms with Crippen molar-refractivity contribution in [3.63, 3.8) is 0 Å². The number of nitrogens with zero attached hydrogens (tertiary/aromatic N) is 2. The van der Waals surface area contributed by atoms with Crippen molar-refractivity contribution >= 4 is 34.1 Å². The summed E-state index contributed by atoms with van der Waals surface area (Å²) in [4.78, 5) is 13.2. The Labute approximate surface area is 145 Å². The second-order valence-corrected chi connectivity index (χ2v) is 8.33. The third-order valence-corrected chi connectivity index (χ3v) is 5.59. The Morgan fingerprint density at radius 3 is 2.96 bits per heavy atom. The van der Waals surface area contributed by atoms with Gasteiger partial charge in [0.05, 0.1) is 5.75 Å². The van der Waals surface area contributed by atoms with E-state index >= 15 is 0 Å². The molecule has 0 radical (unpaired) electrons. The molecule has 1 aromatic heterocycles. The molecule has 122 valence electrons. The zero-order chi connectivity index (χ0) is 16.2. The molecule has 6 heteroatoms. The highest BCUT2D eigenvalue weighted by molar-refractivity contribution is 8.00. The molecule has 1 aliphatic rings. The van der Waals surface area contributed by atoms with Crippen molar-refractivity contribution < 1.29 is 4.79 Å². The van der Waals surface area contributed by atoms with Crippen LogP contribution in [0.25, 0.3) is 0 Å². The zero-order valence-electron chi connectivity index (χ0n) is 13.5. The van der Waals surface area contributed by atoms with Crippen LogP contribution in [0.1, 0.15) is 36.4 Å². The number of benzene rings is 1. The average molecular weight is 348 g/mol. The number of aryl methyl sites for hydroxylation is 2. The van der Waals surface area contributed by atoms with Crippen molar-refractivity contribution in [2.75, 3.05) is 11.1 Å². The maximum atomic E-state index is 12.1. The third kappa shape index (κ3) is 4.54. The summed E-state index contributed by atoms with van der Waals surface area (Å²) in [6.07, 6.45) is 4.51. The first kappa shape index (κ1) is 16.5. The molecule has 0 spiro atoms. The standard InChI is InChI=1S/C17H21N3OS2/c1-11(2)8-16-19-20-17(23-16)18-15(21)10-22-14-7-6-12-4-3-5-13(12)9-14/h6-7,9,11H,3-5,8,10H2,1-2H3,(H,18,20,21). The van der Waals surface area contributed by atoms with Gasteiger partial charge in [-0.3, -0.25) is 10.1 Å². The van der Waals surface area contributed by atoms with Crippen molar-refractivity contribution in [1.82, 2.24) is 10.2 Å². The lowest BCUT2D eigenvalue weighted by Crippen LogP contribution is -2.13. The van der Waals surface area contributed by atoms with E-state index in [0.717, 1.165) is 11.4 Å². The van der Waals surface area contributed by atoms with Crippen LogP contribution in [0.4, 0.5) is 5.13 Å². The Hall–Kier alpha value is -1.40. The molecular formula is C17H21N3OS2. The molecule has 1 amide bonds. The van der Waals surface area contributed by atoms with Gasteiger partial charge in [-0.2, -0.15) is 0 Å². The van der Waals surface area contributed by atoms with E-state index in [1.54, 1.807) is 11.8 Å². The monoisotopic (exact) mass is 347 g/mol. The minimum absolute atomic E-state index is 0.0252. The quantitative estimate of drug-likeness (QED) is 0.804. The number of carbonyl (C=O) groups is 1. The summed E-state index contributed by atoms with van der Waals surface area (Å²) in [5.74, 6) is 0.919. The fraction of sp³-hybridized carbons (Fsp3) is 0.471. The molecule has 3 rings (SSSR count). The Balaban J connectivity index is 1.50. The Bertz CT molecular complexity index is 697. The lowest BCUT2D eigenvalue weighted by atomic mass is 10.1. The normalized spacial score (nSPS) is 13.3. The largest absolute Gasteiger partial charge is 0.300 e. The summed E-state index contributed by atoms with van der Waals surface area (Å²) in [7, 11) is 0. The summed E-state index contributed by atoms with van der Waals surface area (Å²) >= 11 is 3.04. The van der Waals surface area contributed by atoms with E-state index in [1.807, 2.05) is 0 Å². The van der Waals surface area contributed by atoms with Crippen LogP contribution in [0, 0.1) is 5.92 Å². The molecule has 0 atom stereocenters. The van der Waals surface area contributed by atoms with Gasteiger partial charge in [-0.25, -0.2) is 0 Å². The molecule has 1 heterocycles. The molecule has 1 aliphatic carbocycles. The van der Waals surface area contributed by atoms with Gasteiger partial charge in [0.1, 0.15) is 5.01 Å². The molecule has 23 heavy (non-hydrogen) atoms. The lowest BCUT2D eigenvalue weighted by molar-refractivity contribution is -0.113. The minimum atomic E-state index is -0.0252. The second-order valence-electron chi connectivity index (χ2n) is 6.22. The number of carbonyl (C=O) groups excluding carboxylic acids is 1. The van der Waals surface area contributed by atoms with Gasteiger partial charge in [-0.1, -0.05) is 31.3 Å². The Morgan fingerprint density at radius 2 is 2.13 bits per heavy atom. The van der Waals surface area contributed by atoms with Gasteiger partial charge in [0, 0.05) is 11.3 Å². The molecular weight excluding hydrogens is 326 g/mol. The van der Waals surface area contributed by atoms with Crippen LogP contribution < -0.4 is 5.32 Å². The van der Waals surface area contributed by atoms with Gasteiger partial charge in [0.15, 0.2) is 0 Å². The van der Waals surface area contributed by atoms with Crippen LogP contribution in [0.15, 0.2) is 23.1 Å². The summed E-state index contributed by atoms with van der Waals surface area (Å²) < 4.78 is 0. The van der Waals surface area contributed by atoms with Gasteiger partial charge in [-0.15, -0.1) is 22.0 Å². The summed E-state index contributed by atoms with van der Waals surface area (Å²) in [6, 6.07) is 6.55. The molecule has 0 bridgehead atoms. The number of anilines is 1. The number of nitrogens with one attached hydrogen (secondary N) is 1. The van der Waals surface area contributed by atoms with Crippen molar-refractivity contribution in [3.8, 4) is 0 Å². The first-order chi connectivity index (χ1) is 11.1. The molecule has 4 nitrogen and oxygen atoms in total. The minimum Gasteiger partial charge on any atom is -0.300 e. The van der Waals surface area contributed by atoms with Crippen LogP contribution in [-0.4, -0.2) is 21.9 Å². The van der Waals surface area contributed by atoms with Crippen LogP contribution in [0.2, 0.25) is 0 Å². The van der Waals surface area contributed by atoms with Crippen molar-refractivity contribution in [2.24, 2.45) is 5.92 Å². The third-order valence-electron chi connectivity index (χ3n) is 3.74. The van der Waals surface area contributed by atoms with Gasteiger partial charge >= 0.3 is 0 Å². The number of hydrogen-bond acceptors (Lipinski definition) is 5. The summed E-state index contributed by atoms with van der Waals surface area (Å²) in [5.41, 5.74) is 2.91. The fourth-order valence-corrected chi connectivity index (χ4v) is 4.41. The highest BCUT2D eigenvalue weighted by atomic mass is 32.2. The van der Waals surface area contributed by atoms with Crippen molar-refractivity contribution in [3.05, 3.63) is 34.3 Å². The number of thioether (sulfide) groups is 1. The first-order valence-electron chi connectivity index (χ1n) is 7.97. The van der Waals surface area contributed by atoms with E-state index in [1.165, 1.54) is 46.6 Å². The van der Waals surface area contributed by atoms with Crippen molar-refractivity contribution in [2.45, 2.75) is 44.4 Å². The molecule has 1 N–H and O–H groups in total. The molecule has 0 unspecified atom stereocenters. The van der Waals surface area contributed by atoms with Crippen LogP contribution in [0.3, 0.4) is 0 Å². The number of rotatable bonds is 6. The molecule has 1 aromatic carbocycles. The Kier molecular flexibility index (Phi) is 5.33. The maximum absolute atomic E-state index is 12.1. The summed E-state index contributed by atoms with van der Waals surface area (Å²) in [6.45, 7) is 4.29. The molecule has 0 aliphatic heterocycles. The van der Waals surface area contributed by atoms with E-state index in [0.29, 0.717) is 16.8 Å². The van der Waals surface area contributed by atoms with Gasteiger partial charge in [0.2, 0.25) is 11.0 Å². The van der Waals surface area contributed by atoms with Crippen LogP contribution >= 0.6 is 23.1 Å². The van der Waals surface area contributed by atoms with E-state index < -0.39 is 0 Å². The van der Waals surface area contributed by atoms with Crippen LogP contribution in [-0.2, 0) is 24.1 Å². The van der Waals surface area contributed by atoms with E-state index in [4.69, 9.17) is 0 Å². The molecule has 0 fully saturated rings. The predicted molar refractivity (Wildman–Crippen MR) is 96.3 cm³/mol. The average Bonchev–Trinajstić information content (AvgIpc) is 3.13. The Morgan fingerprint density at radius 1 is 1.30 bits per heavy atom. The molecule has 2 aromatic rings. The molecule has 0 saturated carbocycles. The van der Waals surface area contributed by atoms with Gasteiger partial charge < -0.3 is 0 Å². The number of aromatic nitrogens is 2. The number of fused-ring (bicyclic) bond motifs is 1. The maximum Gasteiger partial charge on any atom is 0.236 e. The van der Waals surface area contributed by atoms with E-state index in [2.05, 4.69) is 47.6 Å². The smallest absolute Gasteiger partial charge is 0.236 e. The summed E-state index contributed by atoms with van der Waals surface area (Å²) in [5, 5.41) is 12.6. The first-order valence-corrected chi connectivity index (χ1v) is 9.77. The van der Waals surface area contributed by atoms with Crippen molar-refractivity contribution in [1.29, 1.82) is 0 Å². The topological polar surface area (TPSA) is 54.9 Å². The number of amides is 1. The van der Waals surface area contributed by atoms with Gasteiger partial charge in [0.25, 0.3) is 0 Å². The highest BCUT2D eigenvalue weighted by Gasteiger charge is 2.13. The van der Waals surface area contributed by atoms with E-state index in [9.17, 15) is 4.79 Å².